The summed E-state index contributed by atoms with van der Waals surface area (Å²) in [5.41, 5.74) is 3.83. The first-order chi connectivity index (χ1) is 13.1. The lowest BCUT2D eigenvalue weighted by atomic mass is 10.1. The van der Waals surface area contributed by atoms with Crippen molar-refractivity contribution in [1.82, 2.24) is 19.2 Å². The Morgan fingerprint density at radius 1 is 1.22 bits per heavy atom. The Labute approximate surface area is 165 Å². The quantitative estimate of drug-likeness (QED) is 0.521. The first kappa shape index (κ1) is 18.0. The summed E-state index contributed by atoms with van der Waals surface area (Å²) in [7, 11) is 1.62. The molecule has 1 aromatic carbocycles. The van der Waals surface area contributed by atoms with Crippen molar-refractivity contribution in [3.05, 3.63) is 63.8 Å². The van der Waals surface area contributed by atoms with Gasteiger partial charge in [-0.2, -0.15) is 17.7 Å². The first-order valence-corrected chi connectivity index (χ1v) is 9.40. The Kier molecular flexibility index (Phi) is 4.90. The van der Waals surface area contributed by atoms with Crippen molar-refractivity contribution in [3.63, 3.8) is 0 Å². The van der Waals surface area contributed by atoms with E-state index in [1.165, 1.54) is 0 Å². The number of fused-ring (bicyclic) bond motifs is 3. The van der Waals surface area contributed by atoms with E-state index < -0.39 is 0 Å². The largest absolute Gasteiger partial charge is 0.378 e. The van der Waals surface area contributed by atoms with Crippen LogP contribution in [-0.2, 0) is 17.9 Å². The van der Waals surface area contributed by atoms with Gasteiger partial charge in [0.15, 0.2) is 5.65 Å². The molecule has 0 aliphatic carbocycles. The van der Waals surface area contributed by atoms with Crippen molar-refractivity contribution >= 4 is 40.8 Å². The van der Waals surface area contributed by atoms with Gasteiger partial charge in [-0.05, 0) is 23.8 Å². The number of thiol groups is 1. The van der Waals surface area contributed by atoms with Gasteiger partial charge in [0.1, 0.15) is 0 Å². The molecule has 0 saturated heterocycles. The standard InChI is InChI=1S/C19H17ClN4O2S/c1-26-11-15-17(12-2-4-13(20)5-3-12)18-21-10-14-16(24(18)22-15)6-7-23(8-9-27)19(14)25/h2-7,10,27H,8-9,11H2,1H3. The second-order valence-corrected chi connectivity index (χ2v) is 6.98. The number of hydrogen-bond acceptors (Lipinski definition) is 5. The van der Waals surface area contributed by atoms with Crippen LogP contribution in [0.25, 0.3) is 27.7 Å². The van der Waals surface area contributed by atoms with Crippen molar-refractivity contribution in [2.45, 2.75) is 13.2 Å². The molecule has 0 saturated carbocycles. The normalized spacial score (nSPS) is 11.5. The second kappa shape index (κ2) is 7.34. The Balaban J connectivity index is 2.02. The molecular formula is C19H17ClN4O2S. The maximum atomic E-state index is 12.7. The van der Waals surface area contributed by atoms with E-state index in [0.717, 1.165) is 16.8 Å². The molecule has 8 heteroatoms. The van der Waals surface area contributed by atoms with Gasteiger partial charge < -0.3 is 9.30 Å². The summed E-state index contributed by atoms with van der Waals surface area (Å²) in [4.78, 5) is 17.2. The maximum absolute atomic E-state index is 12.7. The predicted molar refractivity (Wildman–Crippen MR) is 110 cm³/mol. The number of methoxy groups -OCH3 is 1. The van der Waals surface area contributed by atoms with Crippen LogP contribution in [0.5, 0.6) is 0 Å². The molecule has 0 aliphatic rings. The van der Waals surface area contributed by atoms with Gasteiger partial charge in [-0.15, -0.1) is 0 Å². The van der Waals surface area contributed by atoms with Gasteiger partial charge in [0, 0.05) is 36.8 Å². The SMILES string of the molecule is COCc1nn2c(ncc3c(=O)n(CCS)ccc32)c1-c1ccc(Cl)cc1. The molecule has 0 radical (unpaired) electrons. The third-order valence-corrected chi connectivity index (χ3v) is 4.86. The minimum absolute atomic E-state index is 0.104. The van der Waals surface area contributed by atoms with E-state index in [2.05, 4.69) is 22.7 Å². The minimum Gasteiger partial charge on any atom is -0.378 e. The van der Waals surface area contributed by atoms with Gasteiger partial charge in [-0.25, -0.2) is 9.50 Å². The van der Waals surface area contributed by atoms with E-state index in [4.69, 9.17) is 16.3 Å². The average Bonchev–Trinajstić information content (AvgIpc) is 3.03. The lowest BCUT2D eigenvalue weighted by Crippen LogP contribution is -2.21. The molecule has 0 N–H and O–H groups in total. The lowest BCUT2D eigenvalue weighted by Gasteiger charge is -2.06. The molecule has 0 amide bonds. The monoisotopic (exact) mass is 400 g/mol. The Morgan fingerprint density at radius 3 is 2.70 bits per heavy atom. The first-order valence-electron chi connectivity index (χ1n) is 8.39. The highest BCUT2D eigenvalue weighted by Crippen LogP contribution is 2.30. The fraction of sp³-hybridized carbons (Fsp3) is 0.211. The van der Waals surface area contributed by atoms with Crippen molar-refractivity contribution < 1.29 is 4.74 Å². The number of aromatic nitrogens is 4. The number of nitrogens with zero attached hydrogens (tertiary/aromatic N) is 4. The summed E-state index contributed by atoms with van der Waals surface area (Å²) in [5.74, 6) is 0.585. The zero-order valence-corrected chi connectivity index (χ0v) is 16.2. The van der Waals surface area contributed by atoms with Gasteiger partial charge >= 0.3 is 0 Å². The van der Waals surface area contributed by atoms with Crippen LogP contribution in [0.3, 0.4) is 0 Å². The number of hydrogen-bond donors (Lipinski definition) is 1. The molecule has 138 valence electrons. The average molecular weight is 401 g/mol. The highest BCUT2D eigenvalue weighted by Gasteiger charge is 2.18. The second-order valence-electron chi connectivity index (χ2n) is 6.09. The Bertz CT molecular complexity index is 1180. The summed E-state index contributed by atoms with van der Waals surface area (Å²) in [6, 6.07) is 9.39. The highest BCUT2D eigenvalue weighted by molar-refractivity contribution is 7.80. The molecule has 0 unspecified atom stereocenters. The zero-order valence-electron chi connectivity index (χ0n) is 14.6. The predicted octanol–water partition coefficient (Wildman–Crippen LogP) is 3.44. The molecule has 3 heterocycles. The van der Waals surface area contributed by atoms with E-state index in [0.29, 0.717) is 40.5 Å². The molecule has 4 rings (SSSR count). The van der Waals surface area contributed by atoms with Crippen molar-refractivity contribution in [3.8, 4) is 11.1 Å². The van der Waals surface area contributed by atoms with Gasteiger partial charge in [-0.3, -0.25) is 4.79 Å². The number of pyridine rings is 1. The van der Waals surface area contributed by atoms with Crippen molar-refractivity contribution in [2.24, 2.45) is 0 Å². The minimum atomic E-state index is -0.104. The zero-order chi connectivity index (χ0) is 19.0. The smallest absolute Gasteiger partial charge is 0.261 e. The van der Waals surface area contributed by atoms with E-state index in [1.54, 1.807) is 28.6 Å². The van der Waals surface area contributed by atoms with E-state index in [9.17, 15) is 4.79 Å². The highest BCUT2D eigenvalue weighted by atomic mass is 35.5. The van der Waals surface area contributed by atoms with Crippen LogP contribution in [0.2, 0.25) is 5.02 Å². The van der Waals surface area contributed by atoms with Gasteiger partial charge in [0.25, 0.3) is 5.56 Å². The molecule has 0 aliphatic heterocycles. The Hall–Kier alpha value is -2.35. The molecular weight excluding hydrogens is 384 g/mol. The van der Waals surface area contributed by atoms with Crippen LogP contribution in [0.1, 0.15) is 5.69 Å². The maximum Gasteiger partial charge on any atom is 0.261 e. The topological polar surface area (TPSA) is 61.4 Å². The number of rotatable bonds is 5. The molecule has 4 aromatic rings. The third-order valence-electron chi connectivity index (χ3n) is 4.41. The van der Waals surface area contributed by atoms with Crippen LogP contribution in [0.4, 0.5) is 0 Å². The summed E-state index contributed by atoms with van der Waals surface area (Å²) in [5, 5.41) is 5.85. The van der Waals surface area contributed by atoms with Gasteiger partial charge in [0.2, 0.25) is 0 Å². The van der Waals surface area contributed by atoms with Crippen molar-refractivity contribution in [2.75, 3.05) is 12.9 Å². The van der Waals surface area contributed by atoms with Crippen LogP contribution in [-0.4, -0.2) is 32.0 Å². The summed E-state index contributed by atoms with van der Waals surface area (Å²) in [6.45, 7) is 0.875. The molecule has 0 spiro atoms. The fourth-order valence-electron chi connectivity index (χ4n) is 3.19. The molecule has 0 fully saturated rings. The van der Waals surface area contributed by atoms with E-state index in [1.807, 2.05) is 30.3 Å². The fourth-order valence-corrected chi connectivity index (χ4v) is 3.53. The van der Waals surface area contributed by atoms with Crippen LogP contribution < -0.4 is 5.56 Å². The lowest BCUT2D eigenvalue weighted by molar-refractivity contribution is 0.181. The molecule has 27 heavy (non-hydrogen) atoms. The number of ether oxygens (including phenoxy) is 1. The van der Waals surface area contributed by atoms with Crippen LogP contribution in [0, 0.1) is 0 Å². The third kappa shape index (κ3) is 3.12. The number of halogens is 1. The van der Waals surface area contributed by atoms with Gasteiger partial charge in [0.05, 0.1) is 28.8 Å². The van der Waals surface area contributed by atoms with Crippen LogP contribution >= 0.6 is 24.2 Å². The number of aryl methyl sites for hydroxylation is 1. The molecule has 0 atom stereocenters. The van der Waals surface area contributed by atoms with Crippen molar-refractivity contribution in [1.29, 1.82) is 0 Å². The van der Waals surface area contributed by atoms with E-state index in [-0.39, 0.29) is 5.56 Å². The van der Waals surface area contributed by atoms with Gasteiger partial charge in [-0.1, -0.05) is 23.7 Å². The molecule has 6 nitrogen and oxygen atoms in total. The molecule has 0 bridgehead atoms. The summed E-state index contributed by atoms with van der Waals surface area (Å²) in [6.07, 6.45) is 3.37. The molecule has 3 aromatic heterocycles. The Morgan fingerprint density at radius 2 is 2.00 bits per heavy atom. The number of benzene rings is 1. The van der Waals surface area contributed by atoms with Crippen LogP contribution in [0.15, 0.2) is 47.5 Å². The van der Waals surface area contributed by atoms with E-state index >= 15 is 0 Å². The summed E-state index contributed by atoms with van der Waals surface area (Å²) < 4.78 is 8.66. The summed E-state index contributed by atoms with van der Waals surface area (Å²) >= 11 is 10.2.